The zero-order valence-corrected chi connectivity index (χ0v) is 14.2. The second-order valence-electron chi connectivity index (χ2n) is 6.89. The van der Waals surface area contributed by atoms with Crippen LogP contribution in [-0.4, -0.2) is 60.0 Å². The molecule has 2 unspecified atom stereocenters. The van der Waals surface area contributed by atoms with Crippen LogP contribution in [0.15, 0.2) is 12.4 Å². The lowest BCUT2D eigenvalue weighted by Gasteiger charge is -2.33. The van der Waals surface area contributed by atoms with E-state index in [-0.39, 0.29) is 11.9 Å². The summed E-state index contributed by atoms with van der Waals surface area (Å²) in [5, 5.41) is 3.17. The van der Waals surface area contributed by atoms with Crippen molar-refractivity contribution in [2.24, 2.45) is 5.92 Å². The van der Waals surface area contributed by atoms with Gasteiger partial charge in [0.1, 0.15) is 17.8 Å². The standard InChI is InChI=1S/C17H27N5O/c1-13-5-3-4-6-14(13)20-17(23)15-11-16(19-12-18-15)22-9-7-21(2)8-10-22/h11-14H,3-10H2,1-2H3,(H,20,23). The minimum absolute atomic E-state index is 0.0680. The molecule has 2 heterocycles. The maximum absolute atomic E-state index is 12.5. The van der Waals surface area contributed by atoms with Crippen LogP contribution in [0.5, 0.6) is 0 Å². The molecule has 1 saturated heterocycles. The number of anilines is 1. The Bertz CT molecular complexity index is 542. The van der Waals surface area contributed by atoms with E-state index in [1.807, 2.05) is 6.07 Å². The van der Waals surface area contributed by atoms with Crippen LogP contribution in [0.2, 0.25) is 0 Å². The fourth-order valence-corrected chi connectivity index (χ4v) is 3.45. The number of amides is 1. The van der Waals surface area contributed by atoms with Crippen molar-refractivity contribution >= 4 is 11.7 Å². The first kappa shape index (κ1) is 16.2. The molecule has 1 aliphatic heterocycles. The number of hydrogen-bond acceptors (Lipinski definition) is 5. The molecule has 0 spiro atoms. The van der Waals surface area contributed by atoms with Crippen LogP contribution in [0.25, 0.3) is 0 Å². The van der Waals surface area contributed by atoms with E-state index in [2.05, 4.69) is 39.1 Å². The average Bonchev–Trinajstić information content (AvgIpc) is 2.58. The molecule has 2 aliphatic rings. The van der Waals surface area contributed by atoms with Crippen molar-refractivity contribution in [2.75, 3.05) is 38.1 Å². The van der Waals surface area contributed by atoms with E-state index in [0.717, 1.165) is 38.4 Å². The van der Waals surface area contributed by atoms with E-state index >= 15 is 0 Å². The smallest absolute Gasteiger partial charge is 0.270 e. The highest BCUT2D eigenvalue weighted by molar-refractivity contribution is 5.93. The summed E-state index contributed by atoms with van der Waals surface area (Å²) >= 11 is 0. The van der Waals surface area contributed by atoms with Gasteiger partial charge in [0, 0.05) is 38.3 Å². The van der Waals surface area contributed by atoms with Gasteiger partial charge in [-0.1, -0.05) is 19.8 Å². The number of hydrogen-bond donors (Lipinski definition) is 1. The Morgan fingerprint density at radius 2 is 1.91 bits per heavy atom. The van der Waals surface area contributed by atoms with Crippen LogP contribution in [0.4, 0.5) is 5.82 Å². The summed E-state index contributed by atoms with van der Waals surface area (Å²) in [5.41, 5.74) is 0.478. The normalized spacial score (nSPS) is 26.1. The van der Waals surface area contributed by atoms with Crippen LogP contribution < -0.4 is 10.2 Å². The Hall–Kier alpha value is -1.69. The molecule has 3 rings (SSSR count). The second-order valence-corrected chi connectivity index (χ2v) is 6.89. The minimum Gasteiger partial charge on any atom is -0.354 e. The Balaban J connectivity index is 1.65. The van der Waals surface area contributed by atoms with Gasteiger partial charge in [0.2, 0.25) is 0 Å². The van der Waals surface area contributed by atoms with E-state index in [1.54, 1.807) is 0 Å². The molecule has 2 fully saturated rings. The molecule has 6 nitrogen and oxygen atoms in total. The molecule has 1 N–H and O–H groups in total. The van der Waals surface area contributed by atoms with Crippen LogP contribution in [0, 0.1) is 5.92 Å². The Morgan fingerprint density at radius 3 is 2.65 bits per heavy atom. The maximum Gasteiger partial charge on any atom is 0.270 e. The third-order valence-corrected chi connectivity index (χ3v) is 5.14. The number of aromatic nitrogens is 2. The predicted octanol–water partition coefficient (Wildman–Crippen LogP) is 1.54. The highest BCUT2D eigenvalue weighted by Crippen LogP contribution is 2.24. The number of nitrogens with zero attached hydrogens (tertiary/aromatic N) is 4. The molecule has 1 aromatic rings. The first-order chi connectivity index (χ1) is 11.1. The summed E-state index contributed by atoms with van der Waals surface area (Å²) in [7, 11) is 2.13. The molecule has 2 atom stereocenters. The van der Waals surface area contributed by atoms with Crippen LogP contribution in [0.3, 0.4) is 0 Å². The molecule has 126 valence electrons. The first-order valence-corrected chi connectivity index (χ1v) is 8.70. The largest absolute Gasteiger partial charge is 0.354 e. The van der Waals surface area contributed by atoms with Crippen molar-refractivity contribution in [1.82, 2.24) is 20.2 Å². The van der Waals surface area contributed by atoms with Gasteiger partial charge in [-0.2, -0.15) is 0 Å². The molecule has 1 saturated carbocycles. The van der Waals surface area contributed by atoms with Gasteiger partial charge in [0.25, 0.3) is 5.91 Å². The third-order valence-electron chi connectivity index (χ3n) is 5.14. The number of likely N-dealkylation sites (N-methyl/N-ethyl adjacent to an activating group) is 1. The molecule has 0 radical (unpaired) electrons. The van der Waals surface area contributed by atoms with Gasteiger partial charge in [-0.3, -0.25) is 4.79 Å². The lowest BCUT2D eigenvalue weighted by Crippen LogP contribution is -2.45. The van der Waals surface area contributed by atoms with E-state index in [1.165, 1.54) is 25.6 Å². The molecule has 0 bridgehead atoms. The van der Waals surface area contributed by atoms with Crippen LogP contribution in [0.1, 0.15) is 43.1 Å². The SMILES string of the molecule is CC1CCCCC1NC(=O)c1cc(N2CCN(C)CC2)ncn1. The zero-order valence-electron chi connectivity index (χ0n) is 14.2. The van der Waals surface area contributed by atoms with Crippen molar-refractivity contribution in [3.63, 3.8) is 0 Å². The molecule has 1 aliphatic carbocycles. The van der Waals surface area contributed by atoms with Crippen molar-refractivity contribution in [2.45, 2.75) is 38.6 Å². The summed E-state index contributed by atoms with van der Waals surface area (Å²) in [6, 6.07) is 2.10. The van der Waals surface area contributed by atoms with E-state index in [0.29, 0.717) is 11.6 Å². The molecule has 1 aromatic heterocycles. The Labute approximate surface area is 138 Å². The van der Waals surface area contributed by atoms with Crippen molar-refractivity contribution in [1.29, 1.82) is 0 Å². The topological polar surface area (TPSA) is 61.4 Å². The summed E-state index contributed by atoms with van der Waals surface area (Å²) in [5.74, 6) is 1.34. The average molecular weight is 317 g/mol. The molecule has 6 heteroatoms. The number of piperazine rings is 1. The highest BCUT2D eigenvalue weighted by Gasteiger charge is 2.24. The number of carbonyl (C=O) groups is 1. The van der Waals surface area contributed by atoms with Crippen molar-refractivity contribution < 1.29 is 4.79 Å². The minimum atomic E-state index is -0.0680. The van der Waals surface area contributed by atoms with Crippen molar-refractivity contribution in [3.05, 3.63) is 18.1 Å². The maximum atomic E-state index is 12.5. The number of rotatable bonds is 3. The third kappa shape index (κ3) is 3.99. The molecular formula is C17H27N5O. The number of nitrogens with one attached hydrogen (secondary N) is 1. The molecule has 1 amide bonds. The van der Waals surface area contributed by atoms with Gasteiger partial charge < -0.3 is 15.1 Å². The molecular weight excluding hydrogens is 290 g/mol. The van der Waals surface area contributed by atoms with Crippen molar-refractivity contribution in [3.8, 4) is 0 Å². The van der Waals surface area contributed by atoms with Crippen LogP contribution in [-0.2, 0) is 0 Å². The quantitative estimate of drug-likeness (QED) is 0.916. The van der Waals surface area contributed by atoms with Gasteiger partial charge in [-0.15, -0.1) is 0 Å². The Morgan fingerprint density at radius 1 is 1.17 bits per heavy atom. The monoisotopic (exact) mass is 317 g/mol. The van der Waals surface area contributed by atoms with Gasteiger partial charge in [-0.25, -0.2) is 9.97 Å². The number of carbonyl (C=O) groups excluding carboxylic acids is 1. The van der Waals surface area contributed by atoms with E-state index in [9.17, 15) is 4.79 Å². The van der Waals surface area contributed by atoms with Crippen LogP contribution >= 0.6 is 0 Å². The summed E-state index contributed by atoms with van der Waals surface area (Å²) in [4.78, 5) is 25.6. The molecule has 23 heavy (non-hydrogen) atoms. The Kier molecular flexibility index (Phi) is 5.10. The lowest BCUT2D eigenvalue weighted by molar-refractivity contribution is 0.0905. The molecule has 0 aromatic carbocycles. The van der Waals surface area contributed by atoms with Gasteiger partial charge in [0.15, 0.2) is 0 Å². The summed E-state index contributed by atoms with van der Waals surface area (Å²) < 4.78 is 0. The second kappa shape index (κ2) is 7.25. The zero-order chi connectivity index (χ0) is 16.2. The fourth-order valence-electron chi connectivity index (χ4n) is 3.45. The van der Waals surface area contributed by atoms with E-state index in [4.69, 9.17) is 0 Å². The predicted molar refractivity (Wildman–Crippen MR) is 90.6 cm³/mol. The first-order valence-electron chi connectivity index (χ1n) is 8.70. The summed E-state index contributed by atoms with van der Waals surface area (Å²) in [6.07, 6.45) is 6.25. The highest BCUT2D eigenvalue weighted by atomic mass is 16.1. The van der Waals surface area contributed by atoms with E-state index < -0.39 is 0 Å². The van der Waals surface area contributed by atoms with Gasteiger partial charge in [-0.05, 0) is 25.8 Å². The van der Waals surface area contributed by atoms with Gasteiger partial charge >= 0.3 is 0 Å². The van der Waals surface area contributed by atoms with Gasteiger partial charge in [0.05, 0.1) is 0 Å². The summed E-state index contributed by atoms with van der Waals surface area (Å²) in [6.45, 7) is 6.14. The fraction of sp³-hybridized carbons (Fsp3) is 0.706. The lowest BCUT2D eigenvalue weighted by atomic mass is 9.86.